The number of rotatable bonds is 7. The van der Waals surface area contributed by atoms with Gasteiger partial charge in [0, 0.05) is 6.54 Å². The van der Waals surface area contributed by atoms with Gasteiger partial charge in [-0.3, -0.25) is 9.89 Å². The second-order valence-electron chi connectivity index (χ2n) is 6.04. The molecule has 0 bridgehead atoms. The summed E-state index contributed by atoms with van der Waals surface area (Å²) < 4.78 is 5.27. The predicted molar refractivity (Wildman–Crippen MR) is 111 cm³/mol. The fourth-order valence-electron chi connectivity index (χ4n) is 2.98. The molecule has 2 rings (SSSR count). The van der Waals surface area contributed by atoms with Crippen LogP contribution in [0.1, 0.15) is 44.2 Å². The summed E-state index contributed by atoms with van der Waals surface area (Å²) in [6.07, 6.45) is 4.90. The summed E-state index contributed by atoms with van der Waals surface area (Å²) in [5.74, 6) is 1.43. The Balaban J connectivity index is 0.00000288. The number of methoxy groups -OCH3 is 1. The molecule has 0 aromatic heterocycles. The first-order chi connectivity index (χ1) is 11.2. The Morgan fingerprint density at radius 3 is 2.50 bits per heavy atom. The number of guanidine groups is 1. The van der Waals surface area contributed by atoms with Crippen LogP contribution in [0, 0.1) is 0 Å². The molecular formula is C18H31IN4O. The van der Waals surface area contributed by atoms with E-state index in [-0.39, 0.29) is 30.0 Å². The van der Waals surface area contributed by atoms with Crippen molar-refractivity contribution < 1.29 is 4.74 Å². The highest BCUT2D eigenvalue weighted by Crippen LogP contribution is 2.26. The number of piperidine rings is 1. The lowest BCUT2D eigenvalue weighted by Gasteiger charge is -2.34. The topological polar surface area (TPSA) is 62.9 Å². The molecule has 3 N–H and O–H groups in total. The van der Waals surface area contributed by atoms with Crippen molar-refractivity contribution in [2.75, 3.05) is 33.3 Å². The molecule has 1 atom stereocenters. The average molecular weight is 446 g/mol. The third-order valence-corrected chi connectivity index (χ3v) is 4.32. The van der Waals surface area contributed by atoms with Crippen LogP contribution in [0.3, 0.4) is 0 Å². The molecule has 6 heteroatoms. The van der Waals surface area contributed by atoms with Gasteiger partial charge >= 0.3 is 0 Å². The lowest BCUT2D eigenvalue weighted by atomic mass is 10.0. The first kappa shape index (κ1) is 21.0. The quantitative estimate of drug-likeness (QED) is 0.384. The van der Waals surface area contributed by atoms with Crippen molar-refractivity contribution in [2.45, 2.75) is 38.6 Å². The van der Waals surface area contributed by atoms with Gasteiger partial charge in [-0.2, -0.15) is 0 Å². The van der Waals surface area contributed by atoms with Gasteiger partial charge in [0.2, 0.25) is 0 Å². The van der Waals surface area contributed by atoms with E-state index in [0.717, 1.165) is 31.8 Å². The van der Waals surface area contributed by atoms with Gasteiger partial charge in [-0.1, -0.05) is 25.5 Å². The Morgan fingerprint density at radius 1 is 1.25 bits per heavy atom. The predicted octanol–water partition coefficient (Wildman–Crippen LogP) is 3.15. The van der Waals surface area contributed by atoms with Crippen LogP contribution < -0.4 is 15.8 Å². The molecule has 1 aliphatic heterocycles. The maximum Gasteiger partial charge on any atom is 0.188 e. The number of halogens is 1. The van der Waals surface area contributed by atoms with Gasteiger partial charge in [-0.05, 0) is 50.0 Å². The lowest BCUT2D eigenvalue weighted by molar-refractivity contribution is 0.168. The molecule has 1 unspecified atom stereocenters. The molecule has 1 heterocycles. The Kier molecular flexibility index (Phi) is 10.1. The minimum absolute atomic E-state index is 0. The van der Waals surface area contributed by atoms with Gasteiger partial charge in [-0.25, -0.2) is 0 Å². The number of nitrogens with one attached hydrogen (secondary N) is 1. The van der Waals surface area contributed by atoms with E-state index < -0.39 is 0 Å². The molecule has 1 fully saturated rings. The monoisotopic (exact) mass is 446 g/mol. The van der Waals surface area contributed by atoms with Crippen LogP contribution in [0.5, 0.6) is 5.75 Å². The van der Waals surface area contributed by atoms with Gasteiger partial charge in [0.15, 0.2) is 5.96 Å². The summed E-state index contributed by atoms with van der Waals surface area (Å²) in [5.41, 5.74) is 7.24. The molecular weight excluding hydrogens is 415 g/mol. The zero-order chi connectivity index (χ0) is 16.5. The van der Waals surface area contributed by atoms with Crippen molar-refractivity contribution in [3.63, 3.8) is 0 Å². The minimum Gasteiger partial charge on any atom is -0.497 e. The maximum atomic E-state index is 5.96. The molecule has 136 valence electrons. The summed E-state index contributed by atoms with van der Waals surface area (Å²) in [4.78, 5) is 7.10. The largest absolute Gasteiger partial charge is 0.497 e. The number of hydrogen-bond acceptors (Lipinski definition) is 3. The first-order valence-corrected chi connectivity index (χ1v) is 8.66. The highest BCUT2D eigenvalue weighted by Gasteiger charge is 2.22. The highest BCUT2D eigenvalue weighted by molar-refractivity contribution is 14.0. The molecule has 1 aromatic carbocycles. The van der Waals surface area contributed by atoms with Crippen LogP contribution in [0.25, 0.3) is 0 Å². The number of benzene rings is 1. The van der Waals surface area contributed by atoms with E-state index in [2.05, 4.69) is 34.3 Å². The fraction of sp³-hybridized carbons (Fsp3) is 0.611. The standard InChI is InChI=1S/C18H30N4O.HI/c1-3-11-20-18(19)21-14-17(22-12-5-4-6-13-22)15-7-9-16(23-2)10-8-15;/h7-10,17H,3-6,11-14H2,1-2H3,(H3,19,20,21);1H. The Morgan fingerprint density at radius 2 is 1.92 bits per heavy atom. The van der Waals surface area contributed by atoms with Crippen molar-refractivity contribution in [1.82, 2.24) is 10.2 Å². The summed E-state index contributed by atoms with van der Waals surface area (Å²) in [6, 6.07) is 8.61. The van der Waals surface area contributed by atoms with Gasteiger partial charge < -0.3 is 15.8 Å². The Labute approximate surface area is 163 Å². The van der Waals surface area contributed by atoms with E-state index in [1.165, 1.54) is 24.8 Å². The molecule has 24 heavy (non-hydrogen) atoms. The van der Waals surface area contributed by atoms with E-state index in [1.807, 2.05) is 12.1 Å². The van der Waals surface area contributed by atoms with E-state index in [1.54, 1.807) is 7.11 Å². The fourth-order valence-corrected chi connectivity index (χ4v) is 2.98. The zero-order valence-electron chi connectivity index (χ0n) is 14.8. The van der Waals surface area contributed by atoms with Crippen molar-refractivity contribution in [1.29, 1.82) is 0 Å². The van der Waals surface area contributed by atoms with Crippen molar-refractivity contribution >= 4 is 29.9 Å². The number of likely N-dealkylation sites (tertiary alicyclic amines) is 1. The SMILES string of the molecule is CCCNC(N)=NCC(c1ccc(OC)cc1)N1CCCCC1.I. The summed E-state index contributed by atoms with van der Waals surface area (Å²) >= 11 is 0. The molecule has 0 spiro atoms. The normalized spacial score (nSPS) is 17.0. The molecule has 5 nitrogen and oxygen atoms in total. The summed E-state index contributed by atoms with van der Waals surface area (Å²) in [7, 11) is 1.70. The van der Waals surface area contributed by atoms with Crippen molar-refractivity contribution in [2.24, 2.45) is 10.7 Å². The van der Waals surface area contributed by atoms with Gasteiger partial charge in [0.05, 0.1) is 19.7 Å². The summed E-state index contributed by atoms with van der Waals surface area (Å²) in [5, 5.41) is 3.15. The van der Waals surface area contributed by atoms with Gasteiger partial charge in [-0.15, -0.1) is 24.0 Å². The maximum absolute atomic E-state index is 5.96. The van der Waals surface area contributed by atoms with Gasteiger partial charge in [0.1, 0.15) is 5.75 Å². The van der Waals surface area contributed by atoms with Crippen LogP contribution in [0.15, 0.2) is 29.3 Å². The van der Waals surface area contributed by atoms with E-state index in [4.69, 9.17) is 10.5 Å². The van der Waals surface area contributed by atoms with Crippen molar-refractivity contribution in [3.05, 3.63) is 29.8 Å². The average Bonchev–Trinajstić information content (AvgIpc) is 2.61. The Bertz CT molecular complexity index is 486. The minimum atomic E-state index is 0. The number of nitrogens with zero attached hydrogens (tertiary/aromatic N) is 2. The van der Waals surface area contributed by atoms with Crippen LogP contribution in [-0.2, 0) is 0 Å². The molecule has 1 saturated heterocycles. The van der Waals surface area contributed by atoms with E-state index in [0.29, 0.717) is 12.5 Å². The van der Waals surface area contributed by atoms with E-state index >= 15 is 0 Å². The smallest absolute Gasteiger partial charge is 0.188 e. The van der Waals surface area contributed by atoms with Crippen LogP contribution >= 0.6 is 24.0 Å². The molecule has 1 aliphatic rings. The van der Waals surface area contributed by atoms with Crippen molar-refractivity contribution in [3.8, 4) is 5.75 Å². The first-order valence-electron chi connectivity index (χ1n) is 8.66. The molecule has 0 radical (unpaired) electrons. The van der Waals surface area contributed by atoms with Gasteiger partial charge in [0.25, 0.3) is 0 Å². The second kappa shape index (κ2) is 11.5. The molecule has 0 saturated carbocycles. The third kappa shape index (κ3) is 6.47. The van der Waals surface area contributed by atoms with E-state index in [9.17, 15) is 0 Å². The number of aliphatic imine (C=N–C) groups is 1. The number of hydrogen-bond donors (Lipinski definition) is 2. The van der Waals surface area contributed by atoms with Crippen LogP contribution in [0.4, 0.5) is 0 Å². The second-order valence-corrected chi connectivity index (χ2v) is 6.04. The summed E-state index contributed by atoms with van der Waals surface area (Å²) in [6.45, 7) is 5.94. The number of ether oxygens (including phenoxy) is 1. The third-order valence-electron chi connectivity index (χ3n) is 4.32. The number of nitrogens with two attached hydrogens (primary N) is 1. The molecule has 0 aliphatic carbocycles. The lowest BCUT2D eigenvalue weighted by Crippen LogP contribution is -2.37. The Hall–Kier alpha value is -1.02. The molecule has 1 aromatic rings. The highest BCUT2D eigenvalue weighted by atomic mass is 127. The van der Waals surface area contributed by atoms with Crippen LogP contribution in [-0.4, -0.2) is 44.1 Å². The van der Waals surface area contributed by atoms with Crippen LogP contribution in [0.2, 0.25) is 0 Å². The molecule has 0 amide bonds. The zero-order valence-corrected chi connectivity index (χ0v) is 17.2.